The highest BCUT2D eigenvalue weighted by Gasteiger charge is 2.17. The highest BCUT2D eigenvalue weighted by Crippen LogP contribution is 2.12. The van der Waals surface area contributed by atoms with Crippen LogP contribution in [-0.4, -0.2) is 37.9 Å². The number of carbonyl (C=O) groups is 2. The van der Waals surface area contributed by atoms with Gasteiger partial charge in [0.2, 0.25) is 0 Å². The lowest BCUT2D eigenvalue weighted by atomic mass is 10.1. The lowest BCUT2D eigenvalue weighted by molar-refractivity contribution is -0.163. The van der Waals surface area contributed by atoms with Gasteiger partial charge in [-0.15, -0.1) is 0 Å². The fraction of sp³-hybridized carbons (Fsp3) is 0.714. The Kier molecular flexibility index (Phi) is 42.5. The van der Waals surface area contributed by atoms with Crippen LogP contribution in [0.25, 0.3) is 0 Å². The number of ether oxygens (including phenoxy) is 3. The molecule has 0 fully saturated rings. The van der Waals surface area contributed by atoms with E-state index in [1.807, 2.05) is 0 Å². The number of hydrogen-bond acceptors (Lipinski definition) is 5. The van der Waals surface area contributed by atoms with Gasteiger partial charge in [-0.3, -0.25) is 9.59 Å². The molecule has 0 heterocycles. The number of allylic oxidation sites excluding steroid dienone is 12. The maximum atomic E-state index is 12.7. The van der Waals surface area contributed by atoms with Crippen molar-refractivity contribution in [3.05, 3.63) is 72.9 Å². The van der Waals surface area contributed by atoms with E-state index in [1.165, 1.54) is 64.2 Å². The minimum absolute atomic E-state index is 0.0646. The van der Waals surface area contributed by atoms with Crippen molar-refractivity contribution in [1.29, 1.82) is 0 Å². The molecule has 0 rings (SSSR count). The molecule has 0 saturated carbocycles. The molecule has 1 unspecified atom stereocenters. The molecule has 0 radical (unpaired) electrons. The summed E-state index contributed by atoms with van der Waals surface area (Å²) in [6, 6.07) is 0. The Morgan fingerprint density at radius 3 is 1.37 bits per heavy atom. The van der Waals surface area contributed by atoms with E-state index in [0.29, 0.717) is 19.4 Å². The van der Waals surface area contributed by atoms with Gasteiger partial charge in [-0.1, -0.05) is 171 Å². The lowest BCUT2D eigenvalue weighted by Gasteiger charge is -2.18. The van der Waals surface area contributed by atoms with Gasteiger partial charge in [0, 0.05) is 19.4 Å². The Hall–Kier alpha value is -2.66. The van der Waals surface area contributed by atoms with Crippen molar-refractivity contribution in [2.75, 3.05) is 19.8 Å². The zero-order valence-electron chi connectivity index (χ0n) is 35.5. The molecule has 0 amide bonds. The van der Waals surface area contributed by atoms with Gasteiger partial charge in [0.1, 0.15) is 6.61 Å². The summed E-state index contributed by atoms with van der Waals surface area (Å²) in [5, 5.41) is 0. The summed E-state index contributed by atoms with van der Waals surface area (Å²) in [4.78, 5) is 25.2. The second-order valence-corrected chi connectivity index (χ2v) is 14.6. The SMILES string of the molecule is CC/C=C\C/C=C\C/C=C\C/C=C\CCCCCCC(=O)OCC(COCCCCCCCC)OC(=O)CCCCCCC/C=C\C/C=C\CCCCC. The Morgan fingerprint density at radius 1 is 0.426 bits per heavy atom. The molecule has 310 valence electrons. The summed E-state index contributed by atoms with van der Waals surface area (Å²) in [6.07, 6.45) is 56.2. The summed E-state index contributed by atoms with van der Waals surface area (Å²) in [7, 11) is 0. The third-order valence-corrected chi connectivity index (χ3v) is 9.23. The second-order valence-electron chi connectivity index (χ2n) is 14.6. The van der Waals surface area contributed by atoms with E-state index in [2.05, 4.69) is 93.7 Å². The predicted molar refractivity (Wildman–Crippen MR) is 233 cm³/mol. The number of carbonyl (C=O) groups excluding carboxylic acids is 2. The summed E-state index contributed by atoms with van der Waals surface area (Å²) < 4.78 is 17.2. The van der Waals surface area contributed by atoms with E-state index in [1.54, 1.807) is 0 Å². The molecule has 0 aliphatic carbocycles. The molecule has 0 saturated heterocycles. The van der Waals surface area contributed by atoms with Gasteiger partial charge in [-0.05, 0) is 89.9 Å². The molecule has 0 aromatic heterocycles. The quantitative estimate of drug-likeness (QED) is 0.0354. The summed E-state index contributed by atoms with van der Waals surface area (Å²) in [5.41, 5.74) is 0. The minimum Gasteiger partial charge on any atom is -0.462 e. The first kappa shape index (κ1) is 51.3. The molecule has 54 heavy (non-hydrogen) atoms. The van der Waals surface area contributed by atoms with Gasteiger partial charge < -0.3 is 14.2 Å². The molecule has 1 atom stereocenters. The average Bonchev–Trinajstić information content (AvgIpc) is 3.17. The van der Waals surface area contributed by atoms with Crippen LogP contribution in [0, 0.1) is 0 Å². The van der Waals surface area contributed by atoms with Crippen molar-refractivity contribution in [2.24, 2.45) is 0 Å². The maximum Gasteiger partial charge on any atom is 0.306 e. The van der Waals surface area contributed by atoms with Gasteiger partial charge in [-0.2, -0.15) is 0 Å². The van der Waals surface area contributed by atoms with Crippen LogP contribution >= 0.6 is 0 Å². The van der Waals surface area contributed by atoms with Gasteiger partial charge in [-0.25, -0.2) is 0 Å². The fourth-order valence-corrected chi connectivity index (χ4v) is 5.88. The molecule has 5 nitrogen and oxygen atoms in total. The van der Waals surface area contributed by atoms with Gasteiger partial charge in [0.25, 0.3) is 0 Å². The van der Waals surface area contributed by atoms with Crippen LogP contribution in [0.4, 0.5) is 0 Å². The van der Waals surface area contributed by atoms with Gasteiger partial charge >= 0.3 is 11.9 Å². The van der Waals surface area contributed by atoms with E-state index in [0.717, 1.165) is 103 Å². The number of unbranched alkanes of at least 4 members (excludes halogenated alkanes) is 17. The molecule has 0 N–H and O–H groups in total. The van der Waals surface area contributed by atoms with Crippen LogP contribution in [0.15, 0.2) is 72.9 Å². The topological polar surface area (TPSA) is 61.8 Å². The molecule has 0 aromatic carbocycles. The van der Waals surface area contributed by atoms with E-state index in [4.69, 9.17) is 14.2 Å². The van der Waals surface area contributed by atoms with Crippen molar-refractivity contribution in [1.82, 2.24) is 0 Å². The zero-order valence-corrected chi connectivity index (χ0v) is 35.5. The van der Waals surface area contributed by atoms with Crippen LogP contribution < -0.4 is 0 Å². The molecule has 0 aromatic rings. The third kappa shape index (κ3) is 42.1. The highest BCUT2D eigenvalue weighted by molar-refractivity contribution is 5.70. The molecular formula is C49H84O5. The lowest BCUT2D eigenvalue weighted by Crippen LogP contribution is -2.30. The van der Waals surface area contributed by atoms with Crippen LogP contribution in [0.5, 0.6) is 0 Å². The van der Waals surface area contributed by atoms with Crippen molar-refractivity contribution in [2.45, 2.75) is 207 Å². The summed E-state index contributed by atoms with van der Waals surface area (Å²) in [5.74, 6) is -0.446. The van der Waals surface area contributed by atoms with E-state index in [9.17, 15) is 9.59 Å². The second kappa shape index (κ2) is 44.7. The molecule has 0 bridgehead atoms. The third-order valence-electron chi connectivity index (χ3n) is 9.23. The van der Waals surface area contributed by atoms with Gasteiger partial charge in [0.15, 0.2) is 6.10 Å². The fourth-order valence-electron chi connectivity index (χ4n) is 5.88. The van der Waals surface area contributed by atoms with Gasteiger partial charge in [0.05, 0.1) is 6.61 Å². The Balaban J connectivity index is 4.21. The average molecular weight is 753 g/mol. The largest absolute Gasteiger partial charge is 0.462 e. The first-order chi connectivity index (χ1) is 26.6. The summed E-state index contributed by atoms with van der Waals surface area (Å²) >= 11 is 0. The van der Waals surface area contributed by atoms with Crippen molar-refractivity contribution in [3.8, 4) is 0 Å². The van der Waals surface area contributed by atoms with Crippen LogP contribution in [-0.2, 0) is 23.8 Å². The number of hydrogen-bond donors (Lipinski definition) is 0. The zero-order chi connectivity index (χ0) is 39.3. The molecule has 0 aliphatic heterocycles. The molecule has 5 heteroatoms. The predicted octanol–water partition coefficient (Wildman–Crippen LogP) is 14.8. The van der Waals surface area contributed by atoms with Crippen LogP contribution in [0.3, 0.4) is 0 Å². The van der Waals surface area contributed by atoms with E-state index in [-0.39, 0.29) is 25.2 Å². The standard InChI is InChI=1S/C49H84O5/c1-4-7-10-13-16-18-20-22-24-25-27-28-30-32-34-36-39-42-48(50)53-46-47(45-52-44-41-38-15-12-9-6-3)54-49(51)43-40-37-35-33-31-29-26-23-21-19-17-14-11-8-5-2/h7,10,16-19,22-24,26-28,47H,4-6,8-9,11-15,20-21,25,29-46H2,1-3H3/b10-7-,18-16-,19-17-,24-22-,26-23-,28-27-. The Labute approximate surface area is 334 Å². The van der Waals surface area contributed by atoms with Crippen LogP contribution in [0.1, 0.15) is 201 Å². The summed E-state index contributed by atoms with van der Waals surface area (Å²) in [6.45, 7) is 7.60. The van der Waals surface area contributed by atoms with Crippen molar-refractivity contribution >= 4 is 11.9 Å². The normalized spacial score (nSPS) is 12.9. The Morgan fingerprint density at radius 2 is 0.833 bits per heavy atom. The molecule has 0 spiro atoms. The van der Waals surface area contributed by atoms with Crippen molar-refractivity contribution < 1.29 is 23.8 Å². The first-order valence-corrected chi connectivity index (χ1v) is 22.5. The van der Waals surface area contributed by atoms with E-state index >= 15 is 0 Å². The van der Waals surface area contributed by atoms with E-state index < -0.39 is 6.10 Å². The Bertz CT molecular complexity index is 988. The minimum atomic E-state index is -0.550. The number of rotatable bonds is 40. The van der Waals surface area contributed by atoms with Crippen LogP contribution in [0.2, 0.25) is 0 Å². The maximum absolute atomic E-state index is 12.7. The highest BCUT2D eigenvalue weighted by atomic mass is 16.6. The monoisotopic (exact) mass is 753 g/mol. The smallest absolute Gasteiger partial charge is 0.306 e. The van der Waals surface area contributed by atoms with Crippen molar-refractivity contribution in [3.63, 3.8) is 0 Å². The molecule has 0 aliphatic rings. The number of esters is 2. The first-order valence-electron chi connectivity index (χ1n) is 22.5. The molecular weight excluding hydrogens is 669 g/mol.